The Kier molecular flexibility index (Phi) is 7.63. The lowest BCUT2D eigenvalue weighted by atomic mass is 10.1. The number of hydrogen-bond acceptors (Lipinski definition) is 4. The average Bonchev–Trinajstić information content (AvgIpc) is 2.84. The summed E-state index contributed by atoms with van der Waals surface area (Å²) in [5.74, 6) is -0.542. The van der Waals surface area contributed by atoms with Crippen LogP contribution in [0, 0.1) is 0 Å². The molecule has 1 aromatic carbocycles. The lowest BCUT2D eigenvalue weighted by Gasteiger charge is -2.20. The fourth-order valence-corrected chi connectivity index (χ4v) is 3.69. The first kappa shape index (κ1) is 18.8. The third kappa shape index (κ3) is 6.19. The fourth-order valence-electron chi connectivity index (χ4n) is 2.82. The summed E-state index contributed by atoms with van der Waals surface area (Å²) in [6.07, 6.45) is 6.09. The molecule has 0 saturated heterocycles. The standard InChI is InChI=1S/C19H27NO3S/c1-14(18(21)20-16-10-6-3-4-7-11-16)23-19(22)15(2)24-17-12-8-5-9-13-17/h5,8-9,12-16H,3-4,6-7,10-11H2,1-2H3,(H,20,21)/t14-,15-/m1/s1. The number of nitrogens with one attached hydrogen (secondary N) is 1. The van der Waals surface area contributed by atoms with Gasteiger partial charge in [0, 0.05) is 10.9 Å². The molecule has 0 aliphatic heterocycles. The van der Waals surface area contributed by atoms with Gasteiger partial charge in [-0.25, -0.2) is 0 Å². The van der Waals surface area contributed by atoms with E-state index in [1.54, 1.807) is 13.8 Å². The summed E-state index contributed by atoms with van der Waals surface area (Å²) >= 11 is 1.44. The van der Waals surface area contributed by atoms with Gasteiger partial charge in [0.05, 0.1) is 0 Å². The summed E-state index contributed by atoms with van der Waals surface area (Å²) in [6.45, 7) is 3.44. The number of rotatable bonds is 6. The second-order valence-corrected chi connectivity index (χ2v) is 7.76. The average molecular weight is 349 g/mol. The van der Waals surface area contributed by atoms with E-state index in [2.05, 4.69) is 5.32 Å². The molecular formula is C19H27NO3S. The molecule has 0 spiro atoms. The molecule has 1 fully saturated rings. The highest BCUT2D eigenvalue weighted by molar-refractivity contribution is 8.00. The molecule has 0 heterocycles. The van der Waals surface area contributed by atoms with E-state index in [1.807, 2.05) is 30.3 Å². The van der Waals surface area contributed by atoms with Crippen LogP contribution in [0.3, 0.4) is 0 Å². The number of esters is 1. The van der Waals surface area contributed by atoms with Crippen LogP contribution in [0.1, 0.15) is 52.4 Å². The maximum absolute atomic E-state index is 12.2. The number of carbonyl (C=O) groups excluding carboxylic acids is 2. The first-order valence-corrected chi connectivity index (χ1v) is 9.67. The highest BCUT2D eigenvalue weighted by Crippen LogP contribution is 2.24. The molecule has 0 unspecified atom stereocenters. The molecule has 132 valence electrons. The Morgan fingerprint density at radius 3 is 2.33 bits per heavy atom. The number of benzene rings is 1. The molecule has 1 aliphatic carbocycles. The molecule has 1 saturated carbocycles. The minimum Gasteiger partial charge on any atom is -0.452 e. The van der Waals surface area contributed by atoms with E-state index >= 15 is 0 Å². The third-order valence-electron chi connectivity index (χ3n) is 4.25. The minimum atomic E-state index is -0.750. The summed E-state index contributed by atoms with van der Waals surface area (Å²) < 4.78 is 5.35. The van der Waals surface area contributed by atoms with Gasteiger partial charge in [-0.3, -0.25) is 9.59 Å². The number of carbonyl (C=O) groups is 2. The van der Waals surface area contributed by atoms with E-state index < -0.39 is 6.10 Å². The van der Waals surface area contributed by atoms with Crippen molar-refractivity contribution in [1.82, 2.24) is 5.32 Å². The predicted molar refractivity (Wildman–Crippen MR) is 96.9 cm³/mol. The topological polar surface area (TPSA) is 55.4 Å². The maximum atomic E-state index is 12.2. The molecule has 1 aliphatic rings. The Morgan fingerprint density at radius 1 is 1.08 bits per heavy atom. The van der Waals surface area contributed by atoms with Gasteiger partial charge in [0.1, 0.15) is 5.25 Å². The second kappa shape index (κ2) is 9.72. The van der Waals surface area contributed by atoms with Crippen molar-refractivity contribution in [3.63, 3.8) is 0 Å². The summed E-state index contributed by atoms with van der Waals surface area (Å²) in [4.78, 5) is 25.4. The molecule has 1 aromatic rings. The maximum Gasteiger partial charge on any atom is 0.319 e. The van der Waals surface area contributed by atoms with Gasteiger partial charge in [0.15, 0.2) is 6.10 Å². The SMILES string of the molecule is C[C@@H](OC(=O)[C@@H](C)Sc1ccccc1)C(=O)NC1CCCCCC1. The van der Waals surface area contributed by atoms with Gasteiger partial charge < -0.3 is 10.1 Å². The lowest BCUT2D eigenvalue weighted by Crippen LogP contribution is -2.42. The van der Waals surface area contributed by atoms with Gasteiger partial charge in [-0.15, -0.1) is 11.8 Å². The van der Waals surface area contributed by atoms with Crippen LogP contribution in [0.2, 0.25) is 0 Å². The molecule has 5 heteroatoms. The zero-order valence-electron chi connectivity index (χ0n) is 14.5. The summed E-state index contributed by atoms with van der Waals surface area (Å²) in [7, 11) is 0. The van der Waals surface area contributed by atoms with E-state index in [9.17, 15) is 9.59 Å². The van der Waals surface area contributed by atoms with Crippen molar-refractivity contribution >= 4 is 23.6 Å². The van der Waals surface area contributed by atoms with Crippen LogP contribution in [-0.2, 0) is 14.3 Å². The zero-order chi connectivity index (χ0) is 17.4. The van der Waals surface area contributed by atoms with E-state index in [-0.39, 0.29) is 23.2 Å². The van der Waals surface area contributed by atoms with Crippen LogP contribution in [0.15, 0.2) is 35.2 Å². The summed E-state index contributed by atoms with van der Waals surface area (Å²) in [5.41, 5.74) is 0. The Morgan fingerprint density at radius 2 is 1.71 bits per heavy atom. The van der Waals surface area contributed by atoms with Crippen LogP contribution in [0.5, 0.6) is 0 Å². The van der Waals surface area contributed by atoms with Gasteiger partial charge in [0.2, 0.25) is 0 Å². The quantitative estimate of drug-likeness (QED) is 0.480. The van der Waals surface area contributed by atoms with Crippen LogP contribution >= 0.6 is 11.8 Å². The van der Waals surface area contributed by atoms with Crippen molar-refractivity contribution < 1.29 is 14.3 Å². The first-order valence-electron chi connectivity index (χ1n) is 8.79. The Bertz CT molecular complexity index is 527. The highest BCUT2D eigenvalue weighted by atomic mass is 32.2. The highest BCUT2D eigenvalue weighted by Gasteiger charge is 2.24. The van der Waals surface area contributed by atoms with Crippen molar-refractivity contribution in [2.24, 2.45) is 0 Å². The largest absolute Gasteiger partial charge is 0.452 e. The van der Waals surface area contributed by atoms with Gasteiger partial charge in [-0.2, -0.15) is 0 Å². The van der Waals surface area contributed by atoms with Crippen molar-refractivity contribution in [1.29, 1.82) is 0 Å². The smallest absolute Gasteiger partial charge is 0.319 e. The molecule has 0 radical (unpaired) electrons. The molecule has 1 N–H and O–H groups in total. The minimum absolute atomic E-state index is 0.188. The Balaban J connectivity index is 1.78. The fraction of sp³-hybridized carbons (Fsp3) is 0.579. The summed E-state index contributed by atoms with van der Waals surface area (Å²) in [5, 5.41) is 2.68. The molecular weight excluding hydrogens is 322 g/mol. The zero-order valence-corrected chi connectivity index (χ0v) is 15.3. The van der Waals surface area contributed by atoms with E-state index in [4.69, 9.17) is 4.74 Å². The van der Waals surface area contributed by atoms with Crippen LogP contribution in [0.25, 0.3) is 0 Å². The predicted octanol–water partition coefficient (Wildman–Crippen LogP) is 3.94. The van der Waals surface area contributed by atoms with Gasteiger partial charge in [0.25, 0.3) is 5.91 Å². The molecule has 2 rings (SSSR count). The van der Waals surface area contributed by atoms with Gasteiger partial charge >= 0.3 is 5.97 Å². The second-order valence-electron chi connectivity index (χ2n) is 6.35. The van der Waals surface area contributed by atoms with E-state index in [0.29, 0.717) is 0 Å². The first-order chi connectivity index (χ1) is 11.6. The van der Waals surface area contributed by atoms with E-state index in [1.165, 1.54) is 24.6 Å². The van der Waals surface area contributed by atoms with Crippen LogP contribution in [-0.4, -0.2) is 29.3 Å². The number of amides is 1. The van der Waals surface area contributed by atoms with Gasteiger partial charge in [-0.1, -0.05) is 43.9 Å². The van der Waals surface area contributed by atoms with Crippen molar-refractivity contribution in [3.05, 3.63) is 30.3 Å². The normalized spacial score (nSPS) is 18.2. The van der Waals surface area contributed by atoms with Crippen LogP contribution < -0.4 is 5.32 Å². The Labute approximate surface area is 148 Å². The Hall–Kier alpha value is -1.49. The molecule has 1 amide bonds. The summed E-state index contributed by atoms with van der Waals surface area (Å²) in [6, 6.07) is 9.93. The van der Waals surface area contributed by atoms with Crippen molar-refractivity contribution in [2.75, 3.05) is 0 Å². The lowest BCUT2D eigenvalue weighted by molar-refractivity contribution is -0.154. The molecule has 24 heavy (non-hydrogen) atoms. The molecule has 2 atom stereocenters. The van der Waals surface area contributed by atoms with E-state index in [0.717, 1.165) is 30.6 Å². The third-order valence-corrected chi connectivity index (χ3v) is 5.34. The van der Waals surface area contributed by atoms with Crippen molar-refractivity contribution in [3.8, 4) is 0 Å². The number of thioether (sulfide) groups is 1. The number of hydrogen-bond donors (Lipinski definition) is 1. The van der Waals surface area contributed by atoms with Crippen LogP contribution in [0.4, 0.5) is 0 Å². The van der Waals surface area contributed by atoms with Gasteiger partial charge in [-0.05, 0) is 38.8 Å². The molecule has 4 nitrogen and oxygen atoms in total. The van der Waals surface area contributed by atoms with Crippen molar-refractivity contribution in [2.45, 2.75) is 74.7 Å². The molecule has 0 bridgehead atoms. The number of ether oxygens (including phenoxy) is 1. The molecule has 0 aromatic heterocycles. The monoisotopic (exact) mass is 349 g/mol.